The molecule has 2 N–H and O–H groups in total. The summed E-state index contributed by atoms with van der Waals surface area (Å²) >= 11 is 5.07. The minimum Gasteiger partial charge on any atom is -0.493 e. The van der Waals surface area contributed by atoms with Crippen LogP contribution >= 0.6 is 12.2 Å². The summed E-state index contributed by atoms with van der Waals surface area (Å²) in [6.45, 7) is -0.208. The Morgan fingerprint density at radius 1 is 1.21 bits per heavy atom. The first kappa shape index (κ1) is 17.2. The van der Waals surface area contributed by atoms with Crippen LogP contribution in [0.3, 0.4) is 0 Å². The summed E-state index contributed by atoms with van der Waals surface area (Å²) in [6.07, 6.45) is 0. The third-order valence-corrected chi connectivity index (χ3v) is 3.13. The maximum atomic E-state index is 11.9. The van der Waals surface area contributed by atoms with E-state index in [1.54, 1.807) is 48.5 Å². The van der Waals surface area contributed by atoms with E-state index >= 15 is 0 Å². The Labute approximate surface area is 145 Å². The number of rotatable bonds is 5. The number of carbonyl (C=O) groups excluding carboxylic acids is 1. The highest BCUT2D eigenvalue weighted by Gasteiger charge is 2.08. The molecular formula is C17H15N3O3S. The van der Waals surface area contributed by atoms with Crippen molar-refractivity contribution in [3.63, 3.8) is 0 Å². The lowest BCUT2D eigenvalue weighted by molar-refractivity contribution is -0.121. The average molecular weight is 341 g/mol. The third-order valence-electron chi connectivity index (χ3n) is 2.93. The molecule has 7 heteroatoms. The van der Waals surface area contributed by atoms with E-state index in [0.717, 1.165) is 0 Å². The van der Waals surface area contributed by atoms with Gasteiger partial charge in [-0.1, -0.05) is 18.2 Å². The molecule has 2 aromatic carbocycles. The van der Waals surface area contributed by atoms with Crippen molar-refractivity contribution in [3.05, 3.63) is 54.1 Å². The smallest absolute Gasteiger partial charge is 0.264 e. The largest absolute Gasteiger partial charge is 0.493 e. The quantitative estimate of drug-likeness (QED) is 0.813. The molecule has 1 amide bonds. The first-order valence-electron chi connectivity index (χ1n) is 6.99. The molecular weight excluding hydrogens is 326 g/mol. The second-order valence-corrected chi connectivity index (χ2v) is 5.04. The Bertz CT molecular complexity index is 787. The van der Waals surface area contributed by atoms with Crippen molar-refractivity contribution in [2.24, 2.45) is 0 Å². The van der Waals surface area contributed by atoms with E-state index in [1.807, 2.05) is 6.07 Å². The number of nitrogens with zero attached hydrogens (tertiary/aromatic N) is 1. The summed E-state index contributed by atoms with van der Waals surface area (Å²) in [4.78, 5) is 11.9. The number of anilines is 1. The van der Waals surface area contributed by atoms with E-state index in [4.69, 9.17) is 27.0 Å². The van der Waals surface area contributed by atoms with Gasteiger partial charge in [0.1, 0.15) is 0 Å². The molecule has 0 saturated carbocycles. The summed E-state index contributed by atoms with van der Waals surface area (Å²) in [5.74, 6) is 0.602. The Morgan fingerprint density at radius 2 is 1.96 bits per heavy atom. The maximum absolute atomic E-state index is 11.9. The number of nitriles is 1. The zero-order valence-corrected chi connectivity index (χ0v) is 13.7. The molecule has 2 aromatic rings. The Hall–Kier alpha value is -3.11. The molecule has 0 aliphatic heterocycles. The predicted molar refractivity (Wildman–Crippen MR) is 94.0 cm³/mol. The van der Waals surface area contributed by atoms with Crippen LogP contribution in [0.2, 0.25) is 0 Å². The molecule has 2 rings (SSSR count). The SMILES string of the molecule is COc1ccccc1OCC(=O)NC(=S)Nc1cccc(C#N)c1. The van der Waals surface area contributed by atoms with Gasteiger partial charge in [0.15, 0.2) is 23.2 Å². The predicted octanol–water partition coefficient (Wildman–Crippen LogP) is 2.46. The number of amides is 1. The van der Waals surface area contributed by atoms with E-state index in [0.29, 0.717) is 22.7 Å². The number of carbonyl (C=O) groups is 1. The Morgan fingerprint density at radius 3 is 2.67 bits per heavy atom. The number of ether oxygens (including phenoxy) is 2. The van der Waals surface area contributed by atoms with Crippen molar-refractivity contribution in [1.82, 2.24) is 5.32 Å². The third kappa shape index (κ3) is 4.97. The van der Waals surface area contributed by atoms with Crippen molar-refractivity contribution in [2.45, 2.75) is 0 Å². The highest BCUT2D eigenvalue weighted by molar-refractivity contribution is 7.80. The van der Waals surface area contributed by atoms with E-state index in [1.165, 1.54) is 7.11 Å². The van der Waals surface area contributed by atoms with Gasteiger partial charge in [-0.05, 0) is 42.5 Å². The van der Waals surface area contributed by atoms with Crippen LogP contribution in [0, 0.1) is 11.3 Å². The number of thiocarbonyl (C=S) groups is 1. The molecule has 0 spiro atoms. The molecule has 0 aliphatic carbocycles. The first-order chi connectivity index (χ1) is 11.6. The second-order valence-electron chi connectivity index (χ2n) is 4.63. The van der Waals surface area contributed by atoms with E-state index in [-0.39, 0.29) is 11.7 Å². The van der Waals surface area contributed by atoms with Gasteiger partial charge in [-0.2, -0.15) is 5.26 Å². The van der Waals surface area contributed by atoms with Gasteiger partial charge in [-0.25, -0.2) is 0 Å². The highest BCUT2D eigenvalue weighted by atomic mass is 32.1. The van der Waals surface area contributed by atoms with Crippen LogP contribution in [0.5, 0.6) is 11.5 Å². The van der Waals surface area contributed by atoms with Gasteiger partial charge in [0.2, 0.25) is 0 Å². The van der Waals surface area contributed by atoms with Gasteiger partial charge in [0.05, 0.1) is 18.7 Å². The van der Waals surface area contributed by atoms with Crippen LogP contribution < -0.4 is 20.1 Å². The summed E-state index contributed by atoms with van der Waals surface area (Å²) in [5, 5.41) is 14.3. The monoisotopic (exact) mass is 341 g/mol. The molecule has 0 aromatic heterocycles. The fourth-order valence-electron chi connectivity index (χ4n) is 1.87. The molecule has 0 heterocycles. The zero-order chi connectivity index (χ0) is 17.4. The van der Waals surface area contributed by atoms with Crippen LogP contribution in [0.25, 0.3) is 0 Å². The van der Waals surface area contributed by atoms with E-state index in [9.17, 15) is 4.79 Å². The number of hydrogen-bond donors (Lipinski definition) is 2. The van der Waals surface area contributed by atoms with E-state index in [2.05, 4.69) is 10.6 Å². The molecule has 6 nitrogen and oxygen atoms in total. The molecule has 0 aliphatic rings. The lowest BCUT2D eigenvalue weighted by Crippen LogP contribution is -2.37. The Kier molecular flexibility index (Phi) is 6.11. The van der Waals surface area contributed by atoms with Gasteiger partial charge in [0, 0.05) is 5.69 Å². The van der Waals surface area contributed by atoms with Crippen LogP contribution in [0.1, 0.15) is 5.56 Å². The summed E-state index contributed by atoms with van der Waals surface area (Å²) in [6, 6.07) is 15.8. The number of benzene rings is 2. The van der Waals surface area contributed by atoms with E-state index < -0.39 is 5.91 Å². The molecule has 0 atom stereocenters. The van der Waals surface area contributed by atoms with Crippen molar-refractivity contribution in [3.8, 4) is 17.6 Å². The molecule has 122 valence electrons. The van der Waals surface area contributed by atoms with Gasteiger partial charge in [-0.15, -0.1) is 0 Å². The van der Waals surface area contributed by atoms with Crippen LogP contribution in [0.15, 0.2) is 48.5 Å². The molecule has 0 fully saturated rings. The summed E-state index contributed by atoms with van der Waals surface area (Å²) < 4.78 is 10.5. The molecule has 0 radical (unpaired) electrons. The molecule has 0 bridgehead atoms. The number of hydrogen-bond acceptors (Lipinski definition) is 5. The fourth-order valence-corrected chi connectivity index (χ4v) is 2.10. The molecule has 0 saturated heterocycles. The summed E-state index contributed by atoms with van der Waals surface area (Å²) in [7, 11) is 1.52. The summed E-state index contributed by atoms with van der Waals surface area (Å²) in [5.41, 5.74) is 1.11. The Balaban J connectivity index is 1.85. The fraction of sp³-hybridized carbons (Fsp3) is 0.118. The lowest BCUT2D eigenvalue weighted by atomic mass is 10.2. The maximum Gasteiger partial charge on any atom is 0.264 e. The van der Waals surface area contributed by atoms with Crippen LogP contribution in [-0.2, 0) is 4.79 Å². The van der Waals surface area contributed by atoms with Gasteiger partial charge >= 0.3 is 0 Å². The van der Waals surface area contributed by atoms with Gasteiger partial charge in [0.25, 0.3) is 5.91 Å². The minimum absolute atomic E-state index is 0.124. The molecule has 24 heavy (non-hydrogen) atoms. The highest BCUT2D eigenvalue weighted by Crippen LogP contribution is 2.25. The number of para-hydroxylation sites is 2. The van der Waals surface area contributed by atoms with Crippen molar-refractivity contribution >= 4 is 28.9 Å². The number of methoxy groups -OCH3 is 1. The van der Waals surface area contributed by atoms with Gasteiger partial charge < -0.3 is 14.8 Å². The number of nitrogens with one attached hydrogen (secondary N) is 2. The normalized spacial score (nSPS) is 9.50. The minimum atomic E-state index is -0.408. The van der Waals surface area contributed by atoms with Crippen molar-refractivity contribution in [2.75, 3.05) is 19.0 Å². The topological polar surface area (TPSA) is 83.4 Å². The van der Waals surface area contributed by atoms with Crippen LogP contribution in [-0.4, -0.2) is 24.7 Å². The van der Waals surface area contributed by atoms with Crippen molar-refractivity contribution in [1.29, 1.82) is 5.26 Å². The van der Waals surface area contributed by atoms with Crippen molar-refractivity contribution < 1.29 is 14.3 Å². The zero-order valence-electron chi connectivity index (χ0n) is 12.9. The second kappa shape index (κ2) is 8.50. The first-order valence-corrected chi connectivity index (χ1v) is 7.40. The average Bonchev–Trinajstić information content (AvgIpc) is 2.60. The van der Waals surface area contributed by atoms with Crippen LogP contribution in [0.4, 0.5) is 5.69 Å². The lowest BCUT2D eigenvalue weighted by Gasteiger charge is -2.12. The standard InChI is InChI=1S/C17H15N3O3S/c1-22-14-7-2-3-8-15(14)23-11-16(21)20-17(24)19-13-6-4-5-12(9-13)10-18/h2-9H,11H2,1H3,(H2,19,20,21,24). The molecule has 0 unspecified atom stereocenters. The van der Waals surface area contributed by atoms with Gasteiger partial charge in [-0.3, -0.25) is 10.1 Å².